The zero-order chi connectivity index (χ0) is 7.23. The van der Waals surface area contributed by atoms with Crippen LogP contribution in [0.25, 0.3) is 0 Å². The molecule has 0 saturated heterocycles. The van der Waals surface area contributed by atoms with Gasteiger partial charge in [-0.3, -0.25) is 4.90 Å². The lowest BCUT2D eigenvalue weighted by molar-refractivity contribution is -0.830. The van der Waals surface area contributed by atoms with Crippen LogP contribution in [0.5, 0.6) is 0 Å². The average Bonchev–Trinajstić information content (AvgIpc) is 2.41. The fourth-order valence-corrected chi connectivity index (χ4v) is 1.94. The van der Waals surface area contributed by atoms with Crippen molar-refractivity contribution in [2.75, 3.05) is 12.4 Å². The molecule has 0 amide bonds. The SMILES string of the molecule is CCCCC[NH+]1C=CSC1. The first-order chi connectivity index (χ1) is 4.93. The quantitative estimate of drug-likeness (QED) is 0.603. The van der Waals surface area contributed by atoms with Crippen LogP contribution in [0.15, 0.2) is 11.6 Å². The van der Waals surface area contributed by atoms with Gasteiger partial charge in [-0.05, 0) is 12.8 Å². The molecule has 1 N–H and O–H groups in total. The fourth-order valence-electron chi connectivity index (χ4n) is 1.11. The third kappa shape index (κ3) is 2.76. The molecule has 0 aromatic carbocycles. The van der Waals surface area contributed by atoms with E-state index in [2.05, 4.69) is 18.5 Å². The van der Waals surface area contributed by atoms with Gasteiger partial charge in [0.2, 0.25) is 0 Å². The number of nitrogens with one attached hydrogen (secondary N) is 1. The Morgan fingerprint density at radius 1 is 1.50 bits per heavy atom. The first-order valence-electron chi connectivity index (χ1n) is 4.06. The first kappa shape index (κ1) is 8.15. The summed E-state index contributed by atoms with van der Waals surface area (Å²) in [5.74, 6) is 1.25. The lowest BCUT2D eigenvalue weighted by Crippen LogP contribution is -3.05. The van der Waals surface area contributed by atoms with Crippen LogP contribution < -0.4 is 4.90 Å². The summed E-state index contributed by atoms with van der Waals surface area (Å²) in [5, 5.41) is 2.21. The molecule has 1 rings (SSSR count). The van der Waals surface area contributed by atoms with Crippen LogP contribution >= 0.6 is 11.8 Å². The standard InChI is InChI=1S/C8H15NS/c1-2-3-4-5-9-6-7-10-8-9/h6-7H,2-5,8H2,1H3/p+1. The molecule has 0 aromatic rings. The highest BCUT2D eigenvalue weighted by atomic mass is 32.2. The van der Waals surface area contributed by atoms with Gasteiger partial charge in [0.25, 0.3) is 0 Å². The van der Waals surface area contributed by atoms with Crippen LogP contribution in [0.2, 0.25) is 0 Å². The minimum absolute atomic E-state index is 1.25. The second-order valence-electron chi connectivity index (χ2n) is 2.73. The Hall–Kier alpha value is 0.0500. The van der Waals surface area contributed by atoms with Crippen molar-refractivity contribution < 1.29 is 4.90 Å². The van der Waals surface area contributed by atoms with Gasteiger partial charge in [-0.25, -0.2) is 0 Å². The van der Waals surface area contributed by atoms with Gasteiger partial charge >= 0.3 is 0 Å². The molecule has 1 atom stereocenters. The molecule has 0 aromatic heterocycles. The maximum atomic E-state index is 2.28. The minimum atomic E-state index is 1.25. The van der Waals surface area contributed by atoms with Gasteiger partial charge in [-0.15, -0.1) is 0 Å². The Kier molecular flexibility index (Phi) is 3.91. The van der Waals surface area contributed by atoms with Crippen molar-refractivity contribution in [2.24, 2.45) is 0 Å². The van der Waals surface area contributed by atoms with E-state index in [0.717, 1.165) is 0 Å². The number of rotatable bonds is 4. The molecule has 0 fully saturated rings. The molecule has 1 unspecified atom stereocenters. The van der Waals surface area contributed by atoms with E-state index in [9.17, 15) is 0 Å². The van der Waals surface area contributed by atoms with Crippen molar-refractivity contribution in [3.63, 3.8) is 0 Å². The Bertz CT molecular complexity index is 112. The minimum Gasteiger partial charge on any atom is -0.299 e. The van der Waals surface area contributed by atoms with Gasteiger partial charge in [-0.2, -0.15) is 0 Å². The molecule has 10 heavy (non-hydrogen) atoms. The molecule has 0 bridgehead atoms. The molecule has 1 aliphatic heterocycles. The lowest BCUT2D eigenvalue weighted by atomic mass is 10.2. The number of thioether (sulfide) groups is 1. The van der Waals surface area contributed by atoms with E-state index in [0.29, 0.717) is 0 Å². The predicted octanol–water partition coefficient (Wildman–Crippen LogP) is 1.24. The van der Waals surface area contributed by atoms with Crippen molar-refractivity contribution in [1.29, 1.82) is 0 Å². The summed E-state index contributed by atoms with van der Waals surface area (Å²) in [7, 11) is 0. The zero-order valence-corrected chi connectivity index (χ0v) is 7.41. The summed E-state index contributed by atoms with van der Waals surface area (Å²) >= 11 is 1.92. The highest BCUT2D eigenvalue weighted by molar-refractivity contribution is 8.02. The van der Waals surface area contributed by atoms with Crippen molar-refractivity contribution >= 4 is 11.8 Å². The molecule has 58 valence electrons. The molecule has 0 saturated carbocycles. The number of unbranched alkanes of at least 4 members (excludes halogenated alkanes) is 2. The van der Waals surface area contributed by atoms with E-state index >= 15 is 0 Å². The lowest BCUT2D eigenvalue weighted by Gasteiger charge is -2.07. The van der Waals surface area contributed by atoms with E-state index in [1.165, 1.54) is 31.7 Å². The number of hydrogen-bond acceptors (Lipinski definition) is 1. The topological polar surface area (TPSA) is 4.44 Å². The summed E-state index contributed by atoms with van der Waals surface area (Å²) in [6, 6.07) is 0. The molecule has 2 heteroatoms. The van der Waals surface area contributed by atoms with Gasteiger partial charge in [0, 0.05) is 5.41 Å². The van der Waals surface area contributed by atoms with Crippen LogP contribution in [-0.4, -0.2) is 12.4 Å². The van der Waals surface area contributed by atoms with E-state index in [1.54, 1.807) is 4.90 Å². The first-order valence-corrected chi connectivity index (χ1v) is 5.11. The van der Waals surface area contributed by atoms with Crippen molar-refractivity contribution in [3.05, 3.63) is 11.6 Å². The Labute approximate surface area is 67.5 Å². The van der Waals surface area contributed by atoms with Gasteiger partial charge in [0.15, 0.2) is 0 Å². The molecule has 0 radical (unpaired) electrons. The monoisotopic (exact) mass is 158 g/mol. The third-order valence-corrected chi connectivity index (χ3v) is 2.64. The fraction of sp³-hybridized carbons (Fsp3) is 0.750. The Balaban J connectivity index is 1.97. The van der Waals surface area contributed by atoms with Crippen molar-refractivity contribution in [2.45, 2.75) is 26.2 Å². The van der Waals surface area contributed by atoms with E-state index in [-0.39, 0.29) is 0 Å². The predicted molar refractivity (Wildman–Crippen MR) is 47.0 cm³/mol. The van der Waals surface area contributed by atoms with Crippen LogP contribution in [0.3, 0.4) is 0 Å². The van der Waals surface area contributed by atoms with Crippen molar-refractivity contribution in [1.82, 2.24) is 0 Å². The van der Waals surface area contributed by atoms with E-state index in [4.69, 9.17) is 0 Å². The molecule has 0 spiro atoms. The van der Waals surface area contributed by atoms with Crippen LogP contribution in [-0.2, 0) is 0 Å². The maximum absolute atomic E-state index is 2.28. The highest BCUT2D eigenvalue weighted by Crippen LogP contribution is 2.00. The highest BCUT2D eigenvalue weighted by Gasteiger charge is 2.07. The van der Waals surface area contributed by atoms with E-state index < -0.39 is 0 Å². The summed E-state index contributed by atoms with van der Waals surface area (Å²) < 4.78 is 0. The summed E-state index contributed by atoms with van der Waals surface area (Å²) in [6.45, 7) is 3.58. The second-order valence-corrected chi connectivity index (χ2v) is 3.62. The van der Waals surface area contributed by atoms with Crippen molar-refractivity contribution in [3.8, 4) is 0 Å². The van der Waals surface area contributed by atoms with Gasteiger partial charge in [0.05, 0.1) is 6.54 Å². The third-order valence-electron chi connectivity index (χ3n) is 1.77. The summed E-state index contributed by atoms with van der Waals surface area (Å²) in [5.41, 5.74) is 0. The largest absolute Gasteiger partial charge is 0.299 e. The summed E-state index contributed by atoms with van der Waals surface area (Å²) in [4.78, 5) is 1.64. The van der Waals surface area contributed by atoms with Crippen LogP contribution in [0.1, 0.15) is 26.2 Å². The normalized spacial score (nSPS) is 23.9. The van der Waals surface area contributed by atoms with E-state index in [1.807, 2.05) is 11.8 Å². The number of hydrogen-bond donors (Lipinski definition) is 1. The number of quaternary nitrogens is 1. The molecular formula is C8H16NS+. The molecule has 1 heterocycles. The molecule has 1 nitrogen and oxygen atoms in total. The Morgan fingerprint density at radius 3 is 3.00 bits per heavy atom. The maximum Gasteiger partial charge on any atom is 0.132 e. The molecule has 0 aliphatic carbocycles. The van der Waals surface area contributed by atoms with Gasteiger partial charge in [-0.1, -0.05) is 25.1 Å². The van der Waals surface area contributed by atoms with Crippen LogP contribution in [0.4, 0.5) is 0 Å². The smallest absolute Gasteiger partial charge is 0.132 e. The van der Waals surface area contributed by atoms with Crippen LogP contribution in [0, 0.1) is 0 Å². The molecule has 1 aliphatic rings. The van der Waals surface area contributed by atoms with Gasteiger partial charge in [0.1, 0.15) is 12.1 Å². The molecular weight excluding hydrogens is 142 g/mol. The second kappa shape index (κ2) is 4.80. The summed E-state index contributed by atoms with van der Waals surface area (Å²) in [6.07, 6.45) is 6.39. The van der Waals surface area contributed by atoms with Gasteiger partial charge < -0.3 is 0 Å². The average molecular weight is 158 g/mol. The zero-order valence-electron chi connectivity index (χ0n) is 6.60. The Morgan fingerprint density at radius 2 is 2.40 bits per heavy atom.